The summed E-state index contributed by atoms with van der Waals surface area (Å²) in [7, 11) is 0. The highest BCUT2D eigenvalue weighted by molar-refractivity contribution is 7.80. The number of thiol groups is 1. The molecule has 0 unspecified atom stereocenters. The molecule has 20 heavy (non-hydrogen) atoms. The van der Waals surface area contributed by atoms with Crippen molar-refractivity contribution in [3.05, 3.63) is 30.1 Å². The second kappa shape index (κ2) is 13.5. The molecular formula is C18H31NS. The van der Waals surface area contributed by atoms with Crippen LogP contribution in [0.5, 0.6) is 0 Å². The Hall–Kier alpha value is -0.500. The van der Waals surface area contributed by atoms with Gasteiger partial charge >= 0.3 is 0 Å². The normalized spacial score (nSPS) is 10.8. The van der Waals surface area contributed by atoms with E-state index in [4.69, 9.17) is 0 Å². The lowest BCUT2D eigenvalue weighted by molar-refractivity contribution is 0.550. The Morgan fingerprint density at radius 2 is 1.10 bits per heavy atom. The monoisotopic (exact) mass is 293 g/mol. The number of nitrogens with zero attached hydrogens (tertiary/aromatic N) is 1. The van der Waals surface area contributed by atoms with E-state index in [1.54, 1.807) is 0 Å². The number of aryl methyl sites for hydroxylation is 1. The molecule has 0 aromatic carbocycles. The van der Waals surface area contributed by atoms with Gasteiger partial charge in [-0.1, -0.05) is 57.8 Å². The fraction of sp³-hybridized carbons (Fsp3) is 0.722. The van der Waals surface area contributed by atoms with Gasteiger partial charge in [-0.3, -0.25) is 4.98 Å². The molecule has 0 bridgehead atoms. The van der Waals surface area contributed by atoms with Gasteiger partial charge in [-0.25, -0.2) is 0 Å². The van der Waals surface area contributed by atoms with E-state index in [0.717, 1.165) is 5.75 Å². The molecule has 1 aromatic heterocycles. The molecule has 114 valence electrons. The summed E-state index contributed by atoms with van der Waals surface area (Å²) in [6.07, 6.45) is 20.3. The van der Waals surface area contributed by atoms with Crippen molar-refractivity contribution in [1.29, 1.82) is 0 Å². The van der Waals surface area contributed by atoms with Crippen LogP contribution in [0.1, 0.15) is 76.2 Å². The molecule has 1 rings (SSSR count). The maximum atomic E-state index is 4.24. The minimum atomic E-state index is 1.06. The zero-order valence-electron chi connectivity index (χ0n) is 12.9. The van der Waals surface area contributed by atoms with Gasteiger partial charge in [0.05, 0.1) is 0 Å². The molecule has 2 heteroatoms. The van der Waals surface area contributed by atoms with E-state index in [0.29, 0.717) is 0 Å². The molecule has 0 aliphatic carbocycles. The number of pyridine rings is 1. The third kappa shape index (κ3) is 10.3. The first kappa shape index (κ1) is 17.6. The van der Waals surface area contributed by atoms with Gasteiger partial charge in [0.2, 0.25) is 0 Å². The van der Waals surface area contributed by atoms with Gasteiger partial charge in [-0.15, -0.1) is 0 Å². The standard InChI is InChI=1S/C18H31NS/c20-17-11-9-7-5-3-1-2-4-6-8-10-12-18-13-15-19-16-14-18/h13-16,20H,1-12,17H2. The second-order valence-electron chi connectivity index (χ2n) is 5.72. The average Bonchev–Trinajstić information content (AvgIpc) is 2.49. The summed E-state index contributed by atoms with van der Waals surface area (Å²) in [6, 6.07) is 4.27. The highest BCUT2D eigenvalue weighted by atomic mass is 32.1. The molecule has 1 nitrogen and oxygen atoms in total. The molecule has 0 radical (unpaired) electrons. The first-order valence-corrected chi connectivity index (χ1v) is 9.06. The SMILES string of the molecule is SCCCCCCCCCCCCCc1ccncc1. The van der Waals surface area contributed by atoms with Crippen LogP contribution in [0, 0.1) is 0 Å². The zero-order chi connectivity index (χ0) is 14.3. The van der Waals surface area contributed by atoms with Crippen molar-refractivity contribution < 1.29 is 0 Å². The molecule has 0 aliphatic rings. The summed E-state index contributed by atoms with van der Waals surface area (Å²) in [5, 5.41) is 0. The van der Waals surface area contributed by atoms with Crippen LogP contribution in [0.3, 0.4) is 0 Å². The Kier molecular flexibility index (Phi) is 11.8. The van der Waals surface area contributed by atoms with Crippen LogP contribution in [-0.4, -0.2) is 10.7 Å². The molecule has 0 saturated heterocycles. The Balaban J connectivity index is 1.77. The summed E-state index contributed by atoms with van der Waals surface area (Å²) in [5.74, 6) is 1.06. The van der Waals surface area contributed by atoms with Crippen LogP contribution < -0.4 is 0 Å². The Labute approximate surface area is 131 Å². The quantitative estimate of drug-likeness (QED) is 0.356. The Morgan fingerprint density at radius 1 is 0.650 bits per heavy atom. The smallest absolute Gasteiger partial charge is 0.0270 e. The molecule has 0 spiro atoms. The van der Waals surface area contributed by atoms with E-state index in [1.165, 1.54) is 82.6 Å². The van der Waals surface area contributed by atoms with Crippen molar-refractivity contribution in [1.82, 2.24) is 4.98 Å². The molecule has 0 aliphatic heterocycles. The lowest BCUT2D eigenvalue weighted by Crippen LogP contribution is -1.87. The lowest BCUT2D eigenvalue weighted by Gasteiger charge is -2.03. The van der Waals surface area contributed by atoms with Crippen LogP contribution in [-0.2, 0) is 6.42 Å². The highest BCUT2D eigenvalue weighted by Gasteiger charge is 1.95. The van der Waals surface area contributed by atoms with Crippen molar-refractivity contribution in [2.75, 3.05) is 5.75 Å². The summed E-state index contributed by atoms with van der Waals surface area (Å²) in [4.78, 5) is 4.05. The first-order valence-electron chi connectivity index (χ1n) is 8.43. The summed E-state index contributed by atoms with van der Waals surface area (Å²) >= 11 is 4.24. The molecule has 0 fully saturated rings. The third-order valence-electron chi connectivity index (χ3n) is 3.87. The highest BCUT2D eigenvalue weighted by Crippen LogP contribution is 2.12. The van der Waals surface area contributed by atoms with Crippen molar-refractivity contribution in [3.63, 3.8) is 0 Å². The average molecular weight is 294 g/mol. The maximum absolute atomic E-state index is 4.24. The van der Waals surface area contributed by atoms with Gasteiger partial charge in [0, 0.05) is 12.4 Å². The largest absolute Gasteiger partial charge is 0.265 e. The van der Waals surface area contributed by atoms with Gasteiger partial charge in [0.1, 0.15) is 0 Å². The topological polar surface area (TPSA) is 12.9 Å². The van der Waals surface area contributed by atoms with Gasteiger partial charge in [-0.05, 0) is 42.7 Å². The minimum Gasteiger partial charge on any atom is -0.265 e. The van der Waals surface area contributed by atoms with E-state index >= 15 is 0 Å². The summed E-state index contributed by atoms with van der Waals surface area (Å²) in [5.41, 5.74) is 1.43. The minimum absolute atomic E-state index is 1.06. The predicted molar refractivity (Wildman–Crippen MR) is 92.6 cm³/mol. The fourth-order valence-electron chi connectivity index (χ4n) is 2.58. The Morgan fingerprint density at radius 3 is 1.60 bits per heavy atom. The van der Waals surface area contributed by atoms with Crippen LogP contribution in [0.25, 0.3) is 0 Å². The van der Waals surface area contributed by atoms with Gasteiger partial charge in [-0.2, -0.15) is 12.6 Å². The predicted octanol–water partition coefficient (Wildman–Crippen LogP) is 5.85. The van der Waals surface area contributed by atoms with Crippen molar-refractivity contribution in [3.8, 4) is 0 Å². The van der Waals surface area contributed by atoms with E-state index in [-0.39, 0.29) is 0 Å². The van der Waals surface area contributed by atoms with Crippen LogP contribution in [0.2, 0.25) is 0 Å². The number of hydrogen-bond donors (Lipinski definition) is 1. The number of rotatable bonds is 13. The van der Waals surface area contributed by atoms with Crippen LogP contribution in [0.4, 0.5) is 0 Å². The van der Waals surface area contributed by atoms with E-state index in [9.17, 15) is 0 Å². The molecule has 0 saturated carbocycles. The zero-order valence-corrected chi connectivity index (χ0v) is 13.8. The fourth-order valence-corrected chi connectivity index (χ4v) is 2.80. The van der Waals surface area contributed by atoms with Crippen molar-refractivity contribution >= 4 is 12.6 Å². The molecule has 1 heterocycles. The third-order valence-corrected chi connectivity index (χ3v) is 4.19. The van der Waals surface area contributed by atoms with Crippen molar-refractivity contribution in [2.45, 2.75) is 77.0 Å². The van der Waals surface area contributed by atoms with Crippen molar-refractivity contribution in [2.24, 2.45) is 0 Å². The first-order chi connectivity index (χ1) is 9.93. The molecular weight excluding hydrogens is 262 g/mol. The van der Waals surface area contributed by atoms with E-state index < -0.39 is 0 Å². The van der Waals surface area contributed by atoms with Gasteiger partial charge in [0.25, 0.3) is 0 Å². The number of hydrogen-bond acceptors (Lipinski definition) is 2. The number of aromatic nitrogens is 1. The summed E-state index contributed by atoms with van der Waals surface area (Å²) in [6.45, 7) is 0. The molecule has 0 N–H and O–H groups in total. The summed E-state index contributed by atoms with van der Waals surface area (Å²) < 4.78 is 0. The van der Waals surface area contributed by atoms with E-state index in [2.05, 4.69) is 29.7 Å². The molecule has 1 aromatic rings. The van der Waals surface area contributed by atoms with Gasteiger partial charge < -0.3 is 0 Å². The maximum Gasteiger partial charge on any atom is 0.0270 e. The number of unbranched alkanes of at least 4 members (excludes halogenated alkanes) is 10. The van der Waals surface area contributed by atoms with Gasteiger partial charge in [0.15, 0.2) is 0 Å². The lowest BCUT2D eigenvalue weighted by atomic mass is 10.0. The Bertz CT molecular complexity index is 300. The second-order valence-corrected chi connectivity index (χ2v) is 6.17. The van der Waals surface area contributed by atoms with Crippen LogP contribution >= 0.6 is 12.6 Å². The van der Waals surface area contributed by atoms with Crippen LogP contribution in [0.15, 0.2) is 24.5 Å². The van der Waals surface area contributed by atoms with E-state index in [1.807, 2.05) is 12.4 Å². The molecule has 0 atom stereocenters. The molecule has 0 amide bonds.